The molecule has 0 saturated carbocycles. The lowest BCUT2D eigenvalue weighted by molar-refractivity contribution is 0.0939. The zero-order valence-electron chi connectivity index (χ0n) is 15.4. The number of ether oxygens (including phenoxy) is 2. The highest BCUT2D eigenvalue weighted by Gasteiger charge is 2.19. The van der Waals surface area contributed by atoms with E-state index in [1.165, 1.54) is 0 Å². The Morgan fingerprint density at radius 2 is 2.00 bits per heavy atom. The Morgan fingerprint density at radius 3 is 2.75 bits per heavy atom. The van der Waals surface area contributed by atoms with Gasteiger partial charge in [0, 0.05) is 30.1 Å². The number of nitrogens with zero attached hydrogens (tertiary/aromatic N) is 2. The third-order valence-corrected chi connectivity index (χ3v) is 4.89. The summed E-state index contributed by atoms with van der Waals surface area (Å²) in [6, 6.07) is 11.1. The van der Waals surface area contributed by atoms with Crippen LogP contribution >= 0.6 is 11.6 Å². The molecule has 2 heterocycles. The number of carbonyl (C=O) groups excluding carboxylic acids is 1. The molecular formula is C21H20ClN3O3. The quantitative estimate of drug-likeness (QED) is 0.717. The summed E-state index contributed by atoms with van der Waals surface area (Å²) in [6.07, 6.45) is 6.14. The Morgan fingerprint density at radius 1 is 1.21 bits per heavy atom. The van der Waals surface area contributed by atoms with E-state index in [0.717, 1.165) is 17.7 Å². The first kappa shape index (κ1) is 18.4. The molecule has 0 saturated heterocycles. The van der Waals surface area contributed by atoms with Crippen molar-refractivity contribution >= 4 is 17.5 Å². The Bertz CT molecular complexity index is 971. The minimum atomic E-state index is -0.219. The molecule has 0 fully saturated rings. The van der Waals surface area contributed by atoms with Crippen molar-refractivity contribution in [2.75, 3.05) is 13.2 Å². The topological polar surface area (TPSA) is 65.4 Å². The van der Waals surface area contributed by atoms with Gasteiger partial charge >= 0.3 is 0 Å². The molecule has 0 unspecified atom stereocenters. The minimum absolute atomic E-state index is 0.168. The van der Waals surface area contributed by atoms with Gasteiger partial charge < -0.3 is 19.4 Å². The van der Waals surface area contributed by atoms with E-state index in [4.69, 9.17) is 21.1 Å². The molecule has 0 radical (unpaired) electrons. The van der Waals surface area contributed by atoms with E-state index in [0.29, 0.717) is 35.3 Å². The third-order valence-electron chi connectivity index (χ3n) is 4.61. The number of benzene rings is 2. The number of imidazole rings is 1. The van der Waals surface area contributed by atoms with E-state index in [9.17, 15) is 4.79 Å². The summed E-state index contributed by atoms with van der Waals surface area (Å²) < 4.78 is 13.2. The van der Waals surface area contributed by atoms with Crippen molar-refractivity contribution < 1.29 is 14.3 Å². The number of carbonyl (C=O) groups is 1. The molecule has 28 heavy (non-hydrogen) atoms. The molecule has 1 amide bonds. The predicted octanol–water partition coefficient (Wildman–Crippen LogP) is 4.18. The van der Waals surface area contributed by atoms with Gasteiger partial charge in [-0.2, -0.15) is 0 Å². The number of halogens is 1. The Labute approximate surface area is 168 Å². The minimum Gasteiger partial charge on any atom is -0.489 e. The summed E-state index contributed by atoms with van der Waals surface area (Å²) in [6.45, 7) is 3.02. The molecule has 144 valence electrons. The average molecular weight is 398 g/mol. The maximum atomic E-state index is 12.7. The molecule has 7 heteroatoms. The maximum absolute atomic E-state index is 12.7. The van der Waals surface area contributed by atoms with Gasteiger partial charge in [0.1, 0.15) is 0 Å². The molecule has 1 aromatic heterocycles. The van der Waals surface area contributed by atoms with Gasteiger partial charge in [-0.3, -0.25) is 4.79 Å². The first-order valence-corrected chi connectivity index (χ1v) is 9.48. The molecule has 1 aliphatic rings. The molecule has 1 atom stereocenters. The average Bonchev–Trinajstić information content (AvgIpc) is 3.13. The van der Waals surface area contributed by atoms with Crippen molar-refractivity contribution in [2.24, 2.45) is 0 Å². The summed E-state index contributed by atoms with van der Waals surface area (Å²) in [5.74, 6) is 0.787. The fourth-order valence-corrected chi connectivity index (χ4v) is 3.34. The second-order valence-electron chi connectivity index (χ2n) is 6.59. The van der Waals surface area contributed by atoms with Crippen molar-refractivity contribution in [2.45, 2.75) is 19.4 Å². The lowest BCUT2D eigenvalue weighted by Crippen LogP contribution is -2.26. The number of fused-ring (bicyclic) bond motifs is 1. The number of hydrogen-bond donors (Lipinski definition) is 1. The van der Waals surface area contributed by atoms with Crippen molar-refractivity contribution in [3.8, 4) is 17.2 Å². The second-order valence-corrected chi connectivity index (χ2v) is 7.00. The smallest absolute Gasteiger partial charge is 0.251 e. The summed E-state index contributed by atoms with van der Waals surface area (Å²) >= 11 is 6.29. The van der Waals surface area contributed by atoms with Gasteiger partial charge in [-0.25, -0.2) is 4.98 Å². The lowest BCUT2D eigenvalue weighted by Gasteiger charge is -2.16. The van der Waals surface area contributed by atoms with E-state index in [1.807, 2.05) is 42.0 Å². The Kier molecular flexibility index (Phi) is 5.21. The lowest BCUT2D eigenvalue weighted by atomic mass is 10.1. The molecule has 3 aromatic rings. The molecule has 1 aliphatic heterocycles. The monoisotopic (exact) mass is 397 g/mol. The van der Waals surface area contributed by atoms with E-state index in [1.54, 1.807) is 24.7 Å². The number of rotatable bonds is 4. The van der Waals surface area contributed by atoms with E-state index >= 15 is 0 Å². The van der Waals surface area contributed by atoms with E-state index in [2.05, 4.69) is 10.3 Å². The van der Waals surface area contributed by atoms with Crippen molar-refractivity contribution in [3.05, 3.63) is 71.3 Å². The van der Waals surface area contributed by atoms with Crippen LogP contribution in [-0.4, -0.2) is 28.7 Å². The zero-order valence-corrected chi connectivity index (χ0v) is 16.1. The van der Waals surface area contributed by atoms with Crippen LogP contribution in [0.15, 0.2) is 55.1 Å². The van der Waals surface area contributed by atoms with Gasteiger partial charge in [0.2, 0.25) is 0 Å². The van der Waals surface area contributed by atoms with Crippen LogP contribution in [0.25, 0.3) is 5.69 Å². The van der Waals surface area contributed by atoms with Gasteiger partial charge in [-0.15, -0.1) is 0 Å². The van der Waals surface area contributed by atoms with Crippen molar-refractivity contribution in [3.63, 3.8) is 0 Å². The van der Waals surface area contributed by atoms with E-state index in [-0.39, 0.29) is 11.9 Å². The fraction of sp³-hybridized carbons (Fsp3) is 0.238. The van der Waals surface area contributed by atoms with Crippen LogP contribution in [0.5, 0.6) is 11.5 Å². The number of nitrogens with one attached hydrogen (secondary N) is 1. The molecule has 0 spiro atoms. The zero-order chi connectivity index (χ0) is 19.5. The fourth-order valence-electron chi connectivity index (χ4n) is 3.07. The molecule has 0 bridgehead atoms. The Balaban J connectivity index is 1.49. The number of hydrogen-bond acceptors (Lipinski definition) is 4. The van der Waals surface area contributed by atoms with Crippen LogP contribution in [0.1, 0.15) is 35.3 Å². The van der Waals surface area contributed by atoms with Gasteiger partial charge in [-0.1, -0.05) is 23.7 Å². The molecular weight excluding hydrogens is 378 g/mol. The van der Waals surface area contributed by atoms with Gasteiger partial charge in [0.05, 0.1) is 30.6 Å². The maximum Gasteiger partial charge on any atom is 0.251 e. The number of amides is 1. The van der Waals surface area contributed by atoms with Gasteiger partial charge in [0.25, 0.3) is 5.91 Å². The van der Waals surface area contributed by atoms with Crippen LogP contribution in [0, 0.1) is 0 Å². The number of aromatic nitrogens is 2. The first-order chi connectivity index (χ1) is 13.6. The van der Waals surface area contributed by atoms with E-state index < -0.39 is 0 Å². The summed E-state index contributed by atoms with van der Waals surface area (Å²) in [4.78, 5) is 16.8. The summed E-state index contributed by atoms with van der Waals surface area (Å²) in [7, 11) is 0. The third kappa shape index (κ3) is 3.82. The van der Waals surface area contributed by atoms with Gasteiger partial charge in [0.15, 0.2) is 11.5 Å². The van der Waals surface area contributed by atoms with Crippen molar-refractivity contribution in [1.29, 1.82) is 0 Å². The molecule has 4 rings (SSSR count). The summed E-state index contributed by atoms with van der Waals surface area (Å²) in [5.41, 5.74) is 2.45. The van der Waals surface area contributed by atoms with Crippen LogP contribution < -0.4 is 14.8 Å². The summed E-state index contributed by atoms with van der Waals surface area (Å²) in [5, 5.41) is 3.38. The van der Waals surface area contributed by atoms with Crippen LogP contribution in [0.3, 0.4) is 0 Å². The molecule has 0 aliphatic carbocycles. The van der Waals surface area contributed by atoms with Crippen molar-refractivity contribution in [1.82, 2.24) is 14.9 Å². The Hall–Kier alpha value is -2.99. The first-order valence-electron chi connectivity index (χ1n) is 9.10. The van der Waals surface area contributed by atoms with Crippen LogP contribution in [0.4, 0.5) is 0 Å². The van der Waals surface area contributed by atoms with Crippen LogP contribution in [0.2, 0.25) is 5.02 Å². The SMILES string of the molecule is C[C@H](NC(=O)c1cc(Cl)c2c(c1)OCCCO2)c1ccc(-n2ccnc2)cc1. The van der Waals surface area contributed by atoms with Gasteiger partial charge in [-0.05, 0) is 36.8 Å². The molecule has 1 N–H and O–H groups in total. The molecule has 6 nitrogen and oxygen atoms in total. The highest BCUT2D eigenvalue weighted by molar-refractivity contribution is 6.32. The normalized spacial score (nSPS) is 14.2. The highest BCUT2D eigenvalue weighted by Crippen LogP contribution is 2.38. The largest absolute Gasteiger partial charge is 0.489 e. The standard InChI is InChI=1S/C21H20ClN3O3/c1-14(15-3-5-17(6-4-15)25-8-7-23-13-25)24-21(26)16-11-18(22)20-19(12-16)27-9-2-10-28-20/h3-8,11-14H,2,9-10H2,1H3,(H,24,26)/t14-/m0/s1. The second kappa shape index (κ2) is 7.94. The predicted molar refractivity (Wildman–Crippen MR) is 107 cm³/mol. The molecule has 2 aromatic carbocycles. The highest BCUT2D eigenvalue weighted by atomic mass is 35.5. The van der Waals surface area contributed by atoms with Crippen LogP contribution in [-0.2, 0) is 0 Å².